The van der Waals surface area contributed by atoms with Crippen molar-refractivity contribution in [1.82, 2.24) is 5.32 Å². The predicted octanol–water partition coefficient (Wildman–Crippen LogP) is 4.44. The predicted molar refractivity (Wildman–Crippen MR) is 91.7 cm³/mol. The van der Waals surface area contributed by atoms with Gasteiger partial charge >= 0.3 is 0 Å². The third kappa shape index (κ3) is 6.62. The minimum Gasteiger partial charge on any atom is -0.376 e. The van der Waals surface area contributed by atoms with E-state index in [0.717, 1.165) is 26.0 Å². The first-order valence-corrected chi connectivity index (χ1v) is 8.38. The first kappa shape index (κ1) is 18.2. The molecule has 0 saturated heterocycles. The SMILES string of the molecule is CCNC(CCCc1ccccc1)C(OCC)C(C)(C)C. The maximum absolute atomic E-state index is 6.06. The molecule has 1 aromatic rings. The highest BCUT2D eigenvalue weighted by atomic mass is 16.5. The Bertz CT molecular complexity index is 369. The van der Waals surface area contributed by atoms with Gasteiger partial charge in [0, 0.05) is 12.6 Å². The third-order valence-corrected chi connectivity index (χ3v) is 3.85. The smallest absolute Gasteiger partial charge is 0.0775 e. The van der Waals surface area contributed by atoms with Crippen molar-refractivity contribution in [2.45, 2.75) is 66.0 Å². The molecule has 0 bridgehead atoms. The summed E-state index contributed by atoms with van der Waals surface area (Å²) in [4.78, 5) is 0. The average molecular weight is 291 g/mol. The first-order chi connectivity index (χ1) is 9.99. The molecule has 0 fully saturated rings. The Labute approximate surface area is 131 Å². The number of hydrogen-bond donors (Lipinski definition) is 1. The lowest BCUT2D eigenvalue weighted by atomic mass is 9.82. The van der Waals surface area contributed by atoms with E-state index in [2.05, 4.69) is 70.3 Å². The Morgan fingerprint density at radius 2 is 1.76 bits per heavy atom. The van der Waals surface area contributed by atoms with Gasteiger partial charge in [0.2, 0.25) is 0 Å². The van der Waals surface area contributed by atoms with Crippen LogP contribution in [0.2, 0.25) is 0 Å². The second-order valence-corrected chi connectivity index (χ2v) is 6.78. The van der Waals surface area contributed by atoms with Crippen LogP contribution in [-0.2, 0) is 11.2 Å². The summed E-state index contributed by atoms with van der Waals surface area (Å²) in [5.74, 6) is 0. The van der Waals surface area contributed by atoms with Crippen LogP contribution in [0.5, 0.6) is 0 Å². The Morgan fingerprint density at radius 3 is 2.29 bits per heavy atom. The number of rotatable bonds is 9. The quantitative estimate of drug-likeness (QED) is 0.726. The van der Waals surface area contributed by atoms with Gasteiger partial charge in [0.15, 0.2) is 0 Å². The van der Waals surface area contributed by atoms with E-state index in [1.54, 1.807) is 0 Å². The number of likely N-dealkylation sites (N-methyl/N-ethyl adjacent to an activating group) is 1. The molecule has 2 nitrogen and oxygen atoms in total. The van der Waals surface area contributed by atoms with E-state index in [0.29, 0.717) is 6.04 Å². The van der Waals surface area contributed by atoms with Crippen LogP contribution in [0.1, 0.15) is 53.0 Å². The summed E-state index contributed by atoms with van der Waals surface area (Å²) in [6.07, 6.45) is 3.76. The lowest BCUT2D eigenvalue weighted by Crippen LogP contribution is -2.48. The van der Waals surface area contributed by atoms with Gasteiger partial charge in [-0.3, -0.25) is 0 Å². The molecule has 120 valence electrons. The Morgan fingerprint density at radius 1 is 1.10 bits per heavy atom. The maximum atomic E-state index is 6.06. The number of benzene rings is 1. The fourth-order valence-electron chi connectivity index (χ4n) is 2.94. The second kappa shape index (κ2) is 9.22. The van der Waals surface area contributed by atoms with Crippen LogP contribution in [0.3, 0.4) is 0 Å². The lowest BCUT2D eigenvalue weighted by Gasteiger charge is -2.37. The van der Waals surface area contributed by atoms with Gasteiger partial charge in [-0.05, 0) is 43.7 Å². The van der Waals surface area contributed by atoms with Crippen LogP contribution in [-0.4, -0.2) is 25.3 Å². The summed E-state index contributed by atoms with van der Waals surface area (Å²) in [6, 6.07) is 11.2. The molecule has 0 aliphatic rings. The van der Waals surface area contributed by atoms with Crippen LogP contribution in [0.15, 0.2) is 30.3 Å². The molecular weight excluding hydrogens is 258 g/mol. The Kier molecular flexibility index (Phi) is 7.98. The van der Waals surface area contributed by atoms with E-state index in [4.69, 9.17) is 4.74 Å². The minimum absolute atomic E-state index is 0.162. The minimum atomic E-state index is 0.162. The summed E-state index contributed by atoms with van der Waals surface area (Å²) >= 11 is 0. The molecule has 21 heavy (non-hydrogen) atoms. The molecule has 0 saturated carbocycles. The molecule has 0 aromatic heterocycles. The van der Waals surface area contributed by atoms with Crippen molar-refractivity contribution in [3.05, 3.63) is 35.9 Å². The zero-order chi connectivity index (χ0) is 15.7. The van der Waals surface area contributed by atoms with E-state index >= 15 is 0 Å². The standard InChI is InChI=1S/C19H33NO/c1-6-20-17(18(21-7-2)19(3,4)5)15-11-14-16-12-9-8-10-13-16/h8-10,12-13,17-18,20H,6-7,11,14-15H2,1-5H3. The van der Waals surface area contributed by atoms with Crippen molar-refractivity contribution in [1.29, 1.82) is 0 Å². The zero-order valence-electron chi connectivity index (χ0n) is 14.5. The molecular formula is C19H33NO. The van der Waals surface area contributed by atoms with Gasteiger partial charge in [-0.15, -0.1) is 0 Å². The molecule has 0 heterocycles. The lowest BCUT2D eigenvalue weighted by molar-refractivity contribution is -0.0374. The number of aryl methyl sites for hydroxylation is 1. The van der Waals surface area contributed by atoms with Crippen LogP contribution < -0.4 is 5.32 Å². The van der Waals surface area contributed by atoms with Gasteiger partial charge in [-0.1, -0.05) is 58.0 Å². The summed E-state index contributed by atoms with van der Waals surface area (Å²) in [5.41, 5.74) is 1.59. The number of hydrogen-bond acceptors (Lipinski definition) is 2. The van der Waals surface area contributed by atoms with Crippen molar-refractivity contribution >= 4 is 0 Å². The molecule has 1 rings (SSSR count). The van der Waals surface area contributed by atoms with Gasteiger partial charge in [0.05, 0.1) is 6.10 Å². The summed E-state index contributed by atoms with van der Waals surface area (Å²) in [6.45, 7) is 12.9. The van der Waals surface area contributed by atoms with Crippen molar-refractivity contribution in [2.24, 2.45) is 5.41 Å². The third-order valence-electron chi connectivity index (χ3n) is 3.85. The van der Waals surface area contributed by atoms with Crippen molar-refractivity contribution in [3.8, 4) is 0 Å². The van der Waals surface area contributed by atoms with Crippen LogP contribution >= 0.6 is 0 Å². The molecule has 2 unspecified atom stereocenters. The van der Waals surface area contributed by atoms with Crippen molar-refractivity contribution in [3.63, 3.8) is 0 Å². The van der Waals surface area contributed by atoms with Gasteiger partial charge in [-0.2, -0.15) is 0 Å². The van der Waals surface area contributed by atoms with Gasteiger partial charge in [0.25, 0.3) is 0 Å². The zero-order valence-corrected chi connectivity index (χ0v) is 14.5. The van der Waals surface area contributed by atoms with E-state index in [-0.39, 0.29) is 11.5 Å². The molecule has 2 atom stereocenters. The largest absolute Gasteiger partial charge is 0.376 e. The monoisotopic (exact) mass is 291 g/mol. The molecule has 0 amide bonds. The molecule has 0 aliphatic heterocycles. The van der Waals surface area contributed by atoms with Crippen molar-refractivity contribution < 1.29 is 4.74 Å². The fraction of sp³-hybridized carbons (Fsp3) is 0.684. The molecule has 1 aromatic carbocycles. The highest BCUT2D eigenvalue weighted by molar-refractivity contribution is 5.14. The summed E-state index contributed by atoms with van der Waals surface area (Å²) in [5, 5.41) is 3.64. The molecule has 1 N–H and O–H groups in total. The topological polar surface area (TPSA) is 21.3 Å². The highest BCUT2D eigenvalue weighted by Crippen LogP contribution is 2.27. The van der Waals surface area contributed by atoms with Crippen LogP contribution in [0.4, 0.5) is 0 Å². The van der Waals surface area contributed by atoms with Gasteiger partial charge in [0.1, 0.15) is 0 Å². The maximum Gasteiger partial charge on any atom is 0.0775 e. The molecule has 0 aliphatic carbocycles. The Balaban J connectivity index is 2.58. The summed E-state index contributed by atoms with van der Waals surface area (Å²) < 4.78 is 6.06. The van der Waals surface area contributed by atoms with E-state index in [9.17, 15) is 0 Å². The number of nitrogens with one attached hydrogen (secondary N) is 1. The normalized spacial score (nSPS) is 14.9. The first-order valence-electron chi connectivity index (χ1n) is 8.38. The van der Waals surface area contributed by atoms with Crippen LogP contribution in [0.25, 0.3) is 0 Å². The molecule has 0 radical (unpaired) electrons. The Hall–Kier alpha value is -0.860. The number of ether oxygens (including phenoxy) is 1. The highest BCUT2D eigenvalue weighted by Gasteiger charge is 2.32. The second-order valence-electron chi connectivity index (χ2n) is 6.78. The van der Waals surface area contributed by atoms with Gasteiger partial charge in [-0.25, -0.2) is 0 Å². The average Bonchev–Trinajstić information content (AvgIpc) is 2.44. The molecule has 2 heteroatoms. The van der Waals surface area contributed by atoms with E-state index in [1.165, 1.54) is 12.0 Å². The fourth-order valence-corrected chi connectivity index (χ4v) is 2.94. The van der Waals surface area contributed by atoms with E-state index < -0.39 is 0 Å². The van der Waals surface area contributed by atoms with Crippen molar-refractivity contribution in [2.75, 3.05) is 13.2 Å². The summed E-state index contributed by atoms with van der Waals surface area (Å²) in [7, 11) is 0. The van der Waals surface area contributed by atoms with Crippen LogP contribution in [0, 0.1) is 5.41 Å². The van der Waals surface area contributed by atoms with Gasteiger partial charge < -0.3 is 10.1 Å². The molecule has 0 spiro atoms. The van der Waals surface area contributed by atoms with E-state index in [1.807, 2.05) is 0 Å².